The molecule has 3 unspecified atom stereocenters. The molecule has 2 rings (SSSR count). The normalized spacial score (nSPS) is 23.3. The SMILES string of the molecule is C=C(C)C(=O)OCCOCCNC(=O)CCCCC1SCC2NC(=O)NC21. The van der Waals surface area contributed by atoms with Crippen molar-refractivity contribution in [2.24, 2.45) is 0 Å². The van der Waals surface area contributed by atoms with Gasteiger partial charge in [0.1, 0.15) is 6.61 Å². The van der Waals surface area contributed by atoms with E-state index in [4.69, 9.17) is 9.47 Å². The molecule has 2 aliphatic rings. The number of amides is 3. The van der Waals surface area contributed by atoms with Crippen LogP contribution in [0.1, 0.15) is 32.6 Å². The molecule has 0 saturated carbocycles. The van der Waals surface area contributed by atoms with E-state index in [1.807, 2.05) is 11.8 Å². The van der Waals surface area contributed by atoms with Crippen LogP contribution in [-0.2, 0) is 19.1 Å². The van der Waals surface area contributed by atoms with Crippen LogP contribution in [0.15, 0.2) is 12.2 Å². The summed E-state index contributed by atoms with van der Waals surface area (Å²) in [6, 6.07) is 0.411. The van der Waals surface area contributed by atoms with Crippen molar-refractivity contribution in [3.8, 4) is 0 Å². The smallest absolute Gasteiger partial charge is 0.333 e. The minimum atomic E-state index is -0.426. The lowest BCUT2D eigenvalue weighted by molar-refractivity contribution is -0.140. The van der Waals surface area contributed by atoms with Crippen LogP contribution < -0.4 is 16.0 Å². The van der Waals surface area contributed by atoms with Gasteiger partial charge in [-0.2, -0.15) is 11.8 Å². The van der Waals surface area contributed by atoms with Crippen molar-refractivity contribution in [3.05, 3.63) is 12.2 Å². The van der Waals surface area contributed by atoms with Crippen LogP contribution in [0.3, 0.4) is 0 Å². The molecule has 3 N–H and O–H groups in total. The molecular formula is C18H29N3O5S. The molecule has 2 fully saturated rings. The Balaban J connectivity index is 1.41. The summed E-state index contributed by atoms with van der Waals surface area (Å²) >= 11 is 1.89. The van der Waals surface area contributed by atoms with Crippen molar-refractivity contribution in [1.29, 1.82) is 0 Å². The van der Waals surface area contributed by atoms with Crippen LogP contribution in [0.2, 0.25) is 0 Å². The van der Waals surface area contributed by atoms with Crippen LogP contribution in [0, 0.1) is 0 Å². The van der Waals surface area contributed by atoms with Crippen LogP contribution in [0.4, 0.5) is 4.79 Å². The minimum Gasteiger partial charge on any atom is -0.460 e. The monoisotopic (exact) mass is 399 g/mol. The number of carbonyl (C=O) groups is 3. The molecule has 0 spiro atoms. The summed E-state index contributed by atoms with van der Waals surface area (Å²) < 4.78 is 10.2. The summed E-state index contributed by atoms with van der Waals surface area (Å²) in [6.07, 6.45) is 3.30. The third-order valence-electron chi connectivity index (χ3n) is 4.46. The van der Waals surface area contributed by atoms with Gasteiger partial charge in [-0.15, -0.1) is 0 Å². The summed E-state index contributed by atoms with van der Waals surface area (Å²) in [5.41, 5.74) is 0.360. The highest BCUT2D eigenvalue weighted by molar-refractivity contribution is 8.00. The first kappa shape index (κ1) is 21.6. The van der Waals surface area contributed by atoms with Gasteiger partial charge in [0.15, 0.2) is 0 Å². The van der Waals surface area contributed by atoms with Gasteiger partial charge in [0.2, 0.25) is 5.91 Å². The van der Waals surface area contributed by atoms with Gasteiger partial charge >= 0.3 is 12.0 Å². The highest BCUT2D eigenvalue weighted by Crippen LogP contribution is 2.33. The molecule has 2 aliphatic heterocycles. The lowest BCUT2D eigenvalue weighted by Crippen LogP contribution is -2.36. The number of hydrogen-bond donors (Lipinski definition) is 3. The average Bonchev–Trinajstić information content (AvgIpc) is 3.17. The van der Waals surface area contributed by atoms with Crippen molar-refractivity contribution in [3.63, 3.8) is 0 Å². The molecule has 0 bridgehead atoms. The number of ether oxygens (including phenoxy) is 2. The number of nitrogens with one attached hydrogen (secondary N) is 3. The molecule has 3 atom stereocenters. The Morgan fingerprint density at radius 3 is 2.85 bits per heavy atom. The molecule has 2 heterocycles. The van der Waals surface area contributed by atoms with Crippen LogP contribution >= 0.6 is 11.8 Å². The van der Waals surface area contributed by atoms with Crippen molar-refractivity contribution >= 4 is 29.7 Å². The van der Waals surface area contributed by atoms with E-state index in [1.165, 1.54) is 0 Å². The zero-order chi connectivity index (χ0) is 19.6. The maximum Gasteiger partial charge on any atom is 0.333 e. The van der Waals surface area contributed by atoms with Crippen LogP contribution in [0.25, 0.3) is 0 Å². The number of esters is 1. The lowest BCUT2D eigenvalue weighted by Gasteiger charge is -2.16. The van der Waals surface area contributed by atoms with E-state index in [-0.39, 0.29) is 30.6 Å². The Hall–Kier alpha value is -1.74. The van der Waals surface area contributed by atoms with Crippen molar-refractivity contribution in [2.45, 2.75) is 49.9 Å². The quantitative estimate of drug-likeness (QED) is 0.195. The summed E-state index contributed by atoms with van der Waals surface area (Å²) in [5, 5.41) is 9.16. The predicted molar refractivity (Wildman–Crippen MR) is 104 cm³/mol. The third-order valence-corrected chi connectivity index (χ3v) is 5.97. The molecule has 8 nitrogen and oxygen atoms in total. The number of rotatable bonds is 12. The maximum atomic E-state index is 11.8. The summed E-state index contributed by atoms with van der Waals surface area (Å²) in [5.74, 6) is 0.547. The lowest BCUT2D eigenvalue weighted by atomic mass is 10.0. The molecule has 9 heteroatoms. The first-order valence-electron chi connectivity index (χ1n) is 9.33. The molecule has 2 saturated heterocycles. The minimum absolute atomic E-state index is 0.0140. The third kappa shape index (κ3) is 7.42. The number of unbranched alkanes of at least 4 members (excludes halogenated alkanes) is 1. The summed E-state index contributed by atoms with van der Waals surface area (Å²) in [6.45, 7) is 6.37. The van der Waals surface area contributed by atoms with Gasteiger partial charge in [-0.3, -0.25) is 4.79 Å². The molecule has 152 valence electrons. The molecule has 0 aromatic heterocycles. The van der Waals surface area contributed by atoms with Gasteiger partial charge in [0.05, 0.1) is 25.3 Å². The Bertz CT molecular complexity index is 557. The topological polar surface area (TPSA) is 106 Å². The fraction of sp³-hybridized carbons (Fsp3) is 0.722. The van der Waals surface area contributed by atoms with E-state index in [1.54, 1.807) is 6.92 Å². The Kier molecular flexibility index (Phi) is 8.93. The predicted octanol–water partition coefficient (Wildman–Crippen LogP) is 0.964. The fourth-order valence-electron chi connectivity index (χ4n) is 3.04. The molecule has 0 aromatic carbocycles. The molecule has 27 heavy (non-hydrogen) atoms. The van der Waals surface area contributed by atoms with E-state index in [2.05, 4.69) is 22.5 Å². The zero-order valence-corrected chi connectivity index (χ0v) is 16.6. The molecule has 0 aromatic rings. The second-order valence-electron chi connectivity index (χ2n) is 6.75. The van der Waals surface area contributed by atoms with Crippen molar-refractivity contribution < 1.29 is 23.9 Å². The van der Waals surface area contributed by atoms with Gasteiger partial charge in [0.25, 0.3) is 0 Å². The first-order valence-corrected chi connectivity index (χ1v) is 10.4. The van der Waals surface area contributed by atoms with Crippen LogP contribution in [-0.4, -0.2) is 67.4 Å². The van der Waals surface area contributed by atoms with Gasteiger partial charge in [0, 0.05) is 29.5 Å². The van der Waals surface area contributed by atoms with Gasteiger partial charge < -0.3 is 25.4 Å². The number of urea groups is 1. The average molecular weight is 400 g/mol. The van der Waals surface area contributed by atoms with Crippen molar-refractivity contribution in [1.82, 2.24) is 16.0 Å². The maximum absolute atomic E-state index is 11.8. The van der Waals surface area contributed by atoms with Crippen molar-refractivity contribution in [2.75, 3.05) is 32.1 Å². The summed E-state index contributed by atoms with van der Waals surface area (Å²) in [7, 11) is 0. The molecule has 0 radical (unpaired) electrons. The van der Waals surface area contributed by atoms with E-state index in [9.17, 15) is 14.4 Å². The molecule has 3 amide bonds. The van der Waals surface area contributed by atoms with Gasteiger partial charge in [-0.05, 0) is 19.8 Å². The Morgan fingerprint density at radius 1 is 1.26 bits per heavy atom. The zero-order valence-electron chi connectivity index (χ0n) is 15.8. The summed E-state index contributed by atoms with van der Waals surface area (Å²) in [4.78, 5) is 34.3. The standard InChI is InChI=1S/C18H29N3O5S/c1-12(2)17(23)26-10-9-25-8-7-19-15(22)6-4-3-5-14-16-13(11-27-14)20-18(24)21-16/h13-14,16H,1,3-11H2,2H3,(H,19,22)(H2,20,21,24). The van der Waals surface area contributed by atoms with E-state index >= 15 is 0 Å². The molecule has 0 aliphatic carbocycles. The second kappa shape index (κ2) is 11.2. The Labute approximate surface area is 164 Å². The van der Waals surface area contributed by atoms with E-state index in [0.29, 0.717) is 37.0 Å². The highest BCUT2D eigenvalue weighted by atomic mass is 32.2. The number of fused-ring (bicyclic) bond motifs is 1. The van der Waals surface area contributed by atoms with E-state index in [0.717, 1.165) is 25.0 Å². The Morgan fingerprint density at radius 2 is 2.07 bits per heavy atom. The second-order valence-corrected chi connectivity index (χ2v) is 8.02. The fourth-order valence-corrected chi connectivity index (χ4v) is 4.59. The number of hydrogen-bond acceptors (Lipinski definition) is 6. The largest absolute Gasteiger partial charge is 0.460 e. The van der Waals surface area contributed by atoms with Gasteiger partial charge in [-0.25, -0.2) is 9.59 Å². The van der Waals surface area contributed by atoms with Gasteiger partial charge in [-0.1, -0.05) is 13.0 Å². The molecular weight excluding hydrogens is 370 g/mol. The first-order chi connectivity index (χ1) is 13.0. The van der Waals surface area contributed by atoms with Crippen LogP contribution in [0.5, 0.6) is 0 Å². The highest BCUT2D eigenvalue weighted by Gasteiger charge is 2.42. The number of carbonyl (C=O) groups excluding carboxylic acids is 3. The number of thioether (sulfide) groups is 1. The van der Waals surface area contributed by atoms with E-state index < -0.39 is 5.97 Å².